The Labute approximate surface area is 197 Å². The number of carboxylic acid groups (broad SMARTS) is 1. The monoisotopic (exact) mass is 498 g/mol. The summed E-state index contributed by atoms with van der Waals surface area (Å²) in [6.45, 7) is 5.49. The van der Waals surface area contributed by atoms with Gasteiger partial charge in [0.1, 0.15) is 18.1 Å². The van der Waals surface area contributed by atoms with Gasteiger partial charge in [-0.15, -0.1) is 11.3 Å². The smallest absolute Gasteiger partial charge is 0.475 e. The largest absolute Gasteiger partial charge is 0.490 e. The third-order valence-electron chi connectivity index (χ3n) is 4.97. The summed E-state index contributed by atoms with van der Waals surface area (Å²) in [5.41, 5.74) is 3.13. The molecule has 3 aromatic rings. The van der Waals surface area contributed by atoms with Crippen molar-refractivity contribution >= 4 is 29.0 Å². The molecule has 3 aromatic heterocycles. The lowest BCUT2D eigenvalue weighted by Crippen LogP contribution is -2.21. The van der Waals surface area contributed by atoms with Crippen LogP contribution < -0.4 is 5.32 Å². The van der Waals surface area contributed by atoms with E-state index in [4.69, 9.17) is 9.90 Å². The molecule has 9 nitrogen and oxygen atoms in total. The SMILES string of the molecule is Cc1cc(NC(=O)Cn2ccc(-c3cc(CN4CCCC4)cs3)n2)n(C)n1.O=C(O)C(F)(F)F. The van der Waals surface area contributed by atoms with Crippen LogP contribution in [0.4, 0.5) is 19.0 Å². The zero-order valence-electron chi connectivity index (χ0n) is 18.7. The molecule has 0 saturated carbocycles. The quantitative estimate of drug-likeness (QED) is 0.539. The van der Waals surface area contributed by atoms with E-state index in [2.05, 4.69) is 31.9 Å². The number of aromatic nitrogens is 4. The molecule has 2 N–H and O–H groups in total. The standard InChI is InChI=1S/C19H24N6OS.C2HF3O2/c1-14-9-18(23(2)21-14)20-19(26)12-25-8-5-16(22-25)17-10-15(13-27-17)11-24-6-3-4-7-24;3-2(4,5)1(6)7/h5,8-10,13H,3-4,6-7,11-12H2,1-2H3,(H,20,26);(H,6,7). The highest BCUT2D eigenvalue weighted by Crippen LogP contribution is 2.27. The molecule has 0 aromatic carbocycles. The third-order valence-corrected chi connectivity index (χ3v) is 5.97. The van der Waals surface area contributed by atoms with Crippen molar-refractivity contribution < 1.29 is 27.9 Å². The van der Waals surface area contributed by atoms with Gasteiger partial charge in [0.25, 0.3) is 0 Å². The van der Waals surface area contributed by atoms with Gasteiger partial charge >= 0.3 is 12.1 Å². The van der Waals surface area contributed by atoms with Crippen LogP contribution in [0.2, 0.25) is 0 Å². The van der Waals surface area contributed by atoms with Gasteiger partial charge in [0.05, 0.1) is 10.6 Å². The molecule has 4 rings (SSSR count). The second-order valence-electron chi connectivity index (χ2n) is 7.85. The van der Waals surface area contributed by atoms with Gasteiger partial charge in [-0.3, -0.25) is 19.1 Å². The van der Waals surface area contributed by atoms with E-state index < -0.39 is 12.1 Å². The number of halogens is 3. The summed E-state index contributed by atoms with van der Waals surface area (Å²) in [7, 11) is 1.81. The van der Waals surface area contributed by atoms with E-state index in [0.717, 1.165) is 22.8 Å². The summed E-state index contributed by atoms with van der Waals surface area (Å²) in [4.78, 5) is 24.8. The van der Waals surface area contributed by atoms with Crippen LogP contribution in [-0.2, 0) is 29.7 Å². The van der Waals surface area contributed by atoms with Gasteiger partial charge in [-0.1, -0.05) is 0 Å². The van der Waals surface area contributed by atoms with Crippen LogP contribution in [0.5, 0.6) is 0 Å². The predicted molar refractivity (Wildman–Crippen MR) is 120 cm³/mol. The van der Waals surface area contributed by atoms with Crippen molar-refractivity contribution in [1.82, 2.24) is 24.5 Å². The van der Waals surface area contributed by atoms with Crippen molar-refractivity contribution in [3.05, 3.63) is 41.0 Å². The van der Waals surface area contributed by atoms with E-state index >= 15 is 0 Å². The summed E-state index contributed by atoms with van der Waals surface area (Å²) >= 11 is 1.71. The molecule has 1 amide bonds. The number of nitrogens with zero attached hydrogens (tertiary/aromatic N) is 5. The van der Waals surface area contributed by atoms with Crippen molar-refractivity contribution in [3.63, 3.8) is 0 Å². The Hall–Kier alpha value is -3.19. The molecular weight excluding hydrogens is 473 g/mol. The molecule has 0 bridgehead atoms. The van der Waals surface area contributed by atoms with Crippen molar-refractivity contribution in [2.75, 3.05) is 18.4 Å². The first-order valence-corrected chi connectivity index (χ1v) is 11.3. The van der Waals surface area contributed by atoms with Crippen molar-refractivity contribution in [2.45, 2.75) is 39.0 Å². The number of nitrogens with one attached hydrogen (secondary N) is 1. The van der Waals surface area contributed by atoms with Crippen LogP contribution >= 0.6 is 11.3 Å². The number of alkyl halides is 3. The maximum atomic E-state index is 12.3. The number of thiophene rings is 1. The van der Waals surface area contributed by atoms with Gasteiger partial charge in [0.2, 0.25) is 5.91 Å². The summed E-state index contributed by atoms with van der Waals surface area (Å²) in [5, 5.41) is 21.0. The number of aliphatic carboxylic acids is 1. The first kappa shape index (κ1) is 25.4. The number of carboxylic acids is 1. The Kier molecular flexibility index (Phi) is 8.10. The van der Waals surface area contributed by atoms with E-state index in [1.807, 2.05) is 32.3 Å². The number of amides is 1. The van der Waals surface area contributed by atoms with E-state index in [1.165, 1.54) is 31.5 Å². The third kappa shape index (κ3) is 7.15. The highest BCUT2D eigenvalue weighted by molar-refractivity contribution is 7.13. The summed E-state index contributed by atoms with van der Waals surface area (Å²) < 4.78 is 35.1. The normalized spacial score (nSPS) is 14.0. The average Bonchev–Trinajstić information content (AvgIpc) is 3.52. The molecule has 1 saturated heterocycles. The molecular formula is C21H25F3N6O3S. The molecule has 1 aliphatic heterocycles. The fourth-order valence-corrected chi connectivity index (χ4v) is 4.30. The van der Waals surface area contributed by atoms with Crippen LogP contribution in [0.25, 0.3) is 10.6 Å². The second-order valence-corrected chi connectivity index (χ2v) is 8.76. The van der Waals surface area contributed by atoms with Crippen LogP contribution in [0.1, 0.15) is 24.1 Å². The lowest BCUT2D eigenvalue weighted by atomic mass is 10.2. The molecule has 0 spiro atoms. The molecule has 0 radical (unpaired) electrons. The number of likely N-dealkylation sites (tertiary alicyclic amines) is 1. The Bertz CT molecular complexity index is 1130. The number of carbonyl (C=O) groups is 2. The molecule has 4 heterocycles. The maximum absolute atomic E-state index is 12.3. The number of aryl methyl sites for hydroxylation is 2. The minimum Gasteiger partial charge on any atom is -0.475 e. The van der Waals surface area contributed by atoms with Gasteiger partial charge < -0.3 is 10.4 Å². The van der Waals surface area contributed by atoms with Crippen LogP contribution in [0, 0.1) is 6.92 Å². The number of anilines is 1. The molecule has 0 unspecified atom stereocenters. The predicted octanol–water partition coefficient (Wildman–Crippen LogP) is 3.52. The Morgan fingerprint density at radius 2 is 1.88 bits per heavy atom. The number of hydrogen-bond donors (Lipinski definition) is 2. The lowest BCUT2D eigenvalue weighted by Gasteiger charge is -2.12. The summed E-state index contributed by atoms with van der Waals surface area (Å²) in [6, 6.07) is 6.03. The second kappa shape index (κ2) is 10.8. The van der Waals surface area contributed by atoms with Crippen molar-refractivity contribution in [3.8, 4) is 10.6 Å². The molecule has 13 heteroatoms. The fourth-order valence-electron chi connectivity index (χ4n) is 3.43. The Morgan fingerprint density at radius 1 is 1.21 bits per heavy atom. The first-order chi connectivity index (χ1) is 16.0. The Balaban J connectivity index is 0.000000406. The van der Waals surface area contributed by atoms with Crippen LogP contribution in [0.15, 0.2) is 29.8 Å². The van der Waals surface area contributed by atoms with Gasteiger partial charge in [0, 0.05) is 25.9 Å². The van der Waals surface area contributed by atoms with Gasteiger partial charge in [-0.25, -0.2) is 4.79 Å². The zero-order valence-corrected chi connectivity index (χ0v) is 19.5. The Morgan fingerprint density at radius 3 is 2.47 bits per heavy atom. The molecule has 0 atom stereocenters. The topological polar surface area (TPSA) is 105 Å². The highest BCUT2D eigenvalue weighted by Gasteiger charge is 2.38. The van der Waals surface area contributed by atoms with Crippen LogP contribution in [0.3, 0.4) is 0 Å². The molecule has 1 aliphatic rings. The molecule has 0 aliphatic carbocycles. The molecule has 1 fully saturated rings. The fraction of sp³-hybridized carbons (Fsp3) is 0.429. The van der Waals surface area contributed by atoms with Gasteiger partial charge in [-0.2, -0.15) is 23.4 Å². The summed E-state index contributed by atoms with van der Waals surface area (Å²) in [5.74, 6) is -2.18. The minimum absolute atomic E-state index is 0.117. The minimum atomic E-state index is -5.08. The number of carbonyl (C=O) groups excluding carboxylic acids is 1. The molecule has 34 heavy (non-hydrogen) atoms. The highest BCUT2D eigenvalue weighted by atomic mass is 32.1. The van der Waals surface area contributed by atoms with E-state index in [1.54, 1.807) is 20.7 Å². The van der Waals surface area contributed by atoms with E-state index in [-0.39, 0.29) is 12.5 Å². The number of rotatable bonds is 6. The van der Waals surface area contributed by atoms with E-state index in [0.29, 0.717) is 5.82 Å². The van der Waals surface area contributed by atoms with E-state index in [9.17, 15) is 18.0 Å². The first-order valence-electron chi connectivity index (χ1n) is 10.5. The number of hydrogen-bond acceptors (Lipinski definition) is 6. The van der Waals surface area contributed by atoms with Gasteiger partial charge in [-0.05, 0) is 55.9 Å². The molecule has 184 valence electrons. The zero-order chi connectivity index (χ0) is 24.9. The average molecular weight is 499 g/mol. The lowest BCUT2D eigenvalue weighted by molar-refractivity contribution is -0.192. The van der Waals surface area contributed by atoms with Crippen LogP contribution in [-0.4, -0.2) is 60.7 Å². The maximum Gasteiger partial charge on any atom is 0.490 e. The van der Waals surface area contributed by atoms with Crippen molar-refractivity contribution in [2.24, 2.45) is 7.05 Å². The van der Waals surface area contributed by atoms with Crippen molar-refractivity contribution in [1.29, 1.82) is 0 Å². The summed E-state index contributed by atoms with van der Waals surface area (Å²) in [6.07, 6.45) is -0.618. The van der Waals surface area contributed by atoms with Gasteiger partial charge in [0.15, 0.2) is 0 Å².